The van der Waals surface area contributed by atoms with Crippen LogP contribution in [0.4, 0.5) is 15.5 Å². The van der Waals surface area contributed by atoms with Gasteiger partial charge in [-0.2, -0.15) is 0 Å². The highest BCUT2D eigenvalue weighted by Crippen LogP contribution is 2.22. The number of piperazine rings is 1. The topological polar surface area (TPSA) is 57.7 Å². The normalized spacial score (nSPS) is 14.8. The Morgan fingerprint density at radius 3 is 2.68 bits per heavy atom. The molecule has 0 spiro atoms. The number of amides is 2. The molecule has 0 saturated carbocycles. The first-order valence-corrected chi connectivity index (χ1v) is 7.98. The van der Waals surface area contributed by atoms with Gasteiger partial charge in [0.05, 0.1) is 24.0 Å². The molecular weight excluding hydrogens is 300 g/mol. The number of aromatic nitrogens is 1. The van der Waals surface area contributed by atoms with Gasteiger partial charge in [0.15, 0.2) is 0 Å². The number of methoxy groups -OCH3 is 1. The number of carbonyl (C=O) groups excluding carboxylic acids is 1. The Morgan fingerprint density at radius 1 is 1.27 bits per heavy atom. The van der Waals surface area contributed by atoms with Crippen molar-refractivity contribution in [2.24, 2.45) is 0 Å². The molecule has 0 aromatic carbocycles. The van der Waals surface area contributed by atoms with E-state index in [9.17, 15) is 4.79 Å². The number of urea groups is 1. The second-order valence-corrected chi connectivity index (χ2v) is 5.87. The molecule has 7 heteroatoms. The van der Waals surface area contributed by atoms with E-state index < -0.39 is 0 Å². The Bertz CT molecular complexity index is 607. The van der Waals surface area contributed by atoms with Crippen LogP contribution in [0, 0.1) is 0 Å². The van der Waals surface area contributed by atoms with E-state index >= 15 is 0 Å². The minimum Gasteiger partial charge on any atom is -0.481 e. The minimum absolute atomic E-state index is 0.0854. The molecular formula is C15H18N4O2S. The molecule has 2 aromatic rings. The maximum Gasteiger partial charge on any atom is 0.322 e. The van der Waals surface area contributed by atoms with Gasteiger partial charge in [-0.3, -0.25) is 0 Å². The summed E-state index contributed by atoms with van der Waals surface area (Å²) in [5.74, 6) is 0.530. The van der Waals surface area contributed by atoms with Gasteiger partial charge < -0.3 is 19.9 Å². The first kappa shape index (κ1) is 14.6. The van der Waals surface area contributed by atoms with Crippen LogP contribution in [0.3, 0.4) is 0 Å². The molecule has 2 aromatic heterocycles. The molecule has 1 aliphatic rings. The van der Waals surface area contributed by atoms with Gasteiger partial charge in [0.25, 0.3) is 0 Å². The summed E-state index contributed by atoms with van der Waals surface area (Å²) in [6.07, 6.45) is 1.60. The third-order valence-corrected chi connectivity index (χ3v) is 4.51. The van der Waals surface area contributed by atoms with Crippen LogP contribution in [0.1, 0.15) is 0 Å². The van der Waals surface area contributed by atoms with Crippen molar-refractivity contribution in [3.8, 4) is 5.88 Å². The summed E-state index contributed by atoms with van der Waals surface area (Å²) in [4.78, 5) is 20.5. The third-order valence-electron chi connectivity index (χ3n) is 3.58. The van der Waals surface area contributed by atoms with Gasteiger partial charge in [0, 0.05) is 32.2 Å². The van der Waals surface area contributed by atoms with Crippen molar-refractivity contribution in [1.29, 1.82) is 0 Å². The zero-order valence-corrected chi connectivity index (χ0v) is 13.2. The number of rotatable bonds is 3. The van der Waals surface area contributed by atoms with Crippen molar-refractivity contribution in [3.05, 3.63) is 35.8 Å². The van der Waals surface area contributed by atoms with Gasteiger partial charge in [0.2, 0.25) is 5.88 Å². The monoisotopic (exact) mass is 318 g/mol. The number of thiophene rings is 1. The van der Waals surface area contributed by atoms with Crippen LogP contribution < -0.4 is 15.0 Å². The summed E-state index contributed by atoms with van der Waals surface area (Å²) in [5.41, 5.74) is 0.673. The molecule has 1 aliphatic heterocycles. The highest BCUT2D eigenvalue weighted by atomic mass is 32.1. The van der Waals surface area contributed by atoms with Crippen molar-refractivity contribution in [3.63, 3.8) is 0 Å². The number of anilines is 2. The molecule has 0 radical (unpaired) electrons. The zero-order chi connectivity index (χ0) is 15.4. The van der Waals surface area contributed by atoms with Crippen molar-refractivity contribution in [2.75, 3.05) is 43.5 Å². The quantitative estimate of drug-likeness (QED) is 0.945. The predicted molar refractivity (Wildman–Crippen MR) is 87.9 cm³/mol. The number of ether oxygens (including phenoxy) is 1. The Morgan fingerprint density at radius 2 is 2.09 bits per heavy atom. The van der Waals surface area contributed by atoms with Crippen LogP contribution in [0.5, 0.6) is 5.88 Å². The average molecular weight is 318 g/mol. The number of carbonyl (C=O) groups is 1. The van der Waals surface area contributed by atoms with Crippen LogP contribution >= 0.6 is 11.3 Å². The van der Waals surface area contributed by atoms with Gasteiger partial charge in [-0.25, -0.2) is 9.78 Å². The number of nitrogens with one attached hydrogen (secondary N) is 1. The van der Waals surface area contributed by atoms with Crippen molar-refractivity contribution in [1.82, 2.24) is 9.88 Å². The lowest BCUT2D eigenvalue weighted by Gasteiger charge is -2.35. The predicted octanol–water partition coefficient (Wildman–Crippen LogP) is 2.51. The average Bonchev–Trinajstić information content (AvgIpc) is 3.10. The molecule has 116 valence electrons. The van der Waals surface area contributed by atoms with Crippen molar-refractivity contribution < 1.29 is 9.53 Å². The van der Waals surface area contributed by atoms with Crippen LogP contribution in [-0.4, -0.2) is 49.2 Å². The molecule has 0 bridgehead atoms. The van der Waals surface area contributed by atoms with E-state index in [-0.39, 0.29) is 6.03 Å². The Hall–Kier alpha value is -2.28. The second kappa shape index (κ2) is 6.65. The summed E-state index contributed by atoms with van der Waals surface area (Å²) < 4.78 is 5.00. The summed E-state index contributed by atoms with van der Waals surface area (Å²) in [6, 6.07) is 7.59. The molecule has 0 unspecified atom stereocenters. The van der Waals surface area contributed by atoms with E-state index in [1.165, 1.54) is 5.00 Å². The highest BCUT2D eigenvalue weighted by Gasteiger charge is 2.21. The lowest BCUT2D eigenvalue weighted by Crippen LogP contribution is -2.49. The molecule has 1 fully saturated rings. The first-order chi connectivity index (χ1) is 10.8. The molecule has 0 aliphatic carbocycles. The smallest absolute Gasteiger partial charge is 0.322 e. The second-order valence-electron chi connectivity index (χ2n) is 4.94. The molecule has 0 atom stereocenters. The molecule has 3 rings (SSSR count). The Labute approximate surface area is 133 Å². The van der Waals surface area contributed by atoms with E-state index in [2.05, 4.69) is 32.7 Å². The van der Waals surface area contributed by atoms with Gasteiger partial charge >= 0.3 is 6.03 Å². The maximum absolute atomic E-state index is 12.3. The standard InChI is InChI=1S/C15H18N4O2S/c1-21-13-5-4-12(11-16-13)17-15(20)19-8-6-18(7-9-19)14-3-2-10-22-14/h2-5,10-11H,6-9H2,1H3,(H,17,20). The summed E-state index contributed by atoms with van der Waals surface area (Å²) in [6.45, 7) is 3.14. The highest BCUT2D eigenvalue weighted by molar-refractivity contribution is 7.14. The summed E-state index contributed by atoms with van der Waals surface area (Å²) in [5, 5.41) is 6.20. The van der Waals surface area contributed by atoms with Crippen molar-refractivity contribution in [2.45, 2.75) is 0 Å². The molecule has 3 heterocycles. The number of pyridine rings is 1. The van der Waals surface area contributed by atoms with Crippen LogP contribution in [0.25, 0.3) is 0 Å². The lowest BCUT2D eigenvalue weighted by atomic mass is 10.3. The SMILES string of the molecule is COc1ccc(NC(=O)N2CCN(c3cccs3)CC2)cn1. The van der Waals surface area contributed by atoms with E-state index in [1.807, 2.05) is 4.90 Å². The largest absolute Gasteiger partial charge is 0.481 e. The number of hydrogen-bond donors (Lipinski definition) is 1. The van der Waals surface area contributed by atoms with E-state index in [1.54, 1.807) is 36.8 Å². The van der Waals surface area contributed by atoms with Gasteiger partial charge in [0.1, 0.15) is 0 Å². The molecule has 1 saturated heterocycles. The summed E-state index contributed by atoms with van der Waals surface area (Å²) in [7, 11) is 1.56. The minimum atomic E-state index is -0.0854. The molecule has 6 nitrogen and oxygen atoms in total. The van der Waals surface area contributed by atoms with Crippen LogP contribution in [-0.2, 0) is 0 Å². The third kappa shape index (κ3) is 3.30. The van der Waals surface area contributed by atoms with Gasteiger partial charge in [-0.1, -0.05) is 0 Å². The Kier molecular flexibility index (Phi) is 4.43. The van der Waals surface area contributed by atoms with E-state index in [0.717, 1.165) is 13.1 Å². The maximum atomic E-state index is 12.3. The van der Waals surface area contributed by atoms with E-state index in [4.69, 9.17) is 4.74 Å². The van der Waals surface area contributed by atoms with Crippen LogP contribution in [0.15, 0.2) is 35.8 Å². The van der Waals surface area contributed by atoms with Gasteiger partial charge in [-0.05, 0) is 23.6 Å². The van der Waals surface area contributed by atoms with Gasteiger partial charge in [-0.15, -0.1) is 11.3 Å². The molecule has 22 heavy (non-hydrogen) atoms. The fourth-order valence-corrected chi connectivity index (χ4v) is 3.14. The molecule has 2 amide bonds. The summed E-state index contributed by atoms with van der Waals surface area (Å²) >= 11 is 1.73. The lowest BCUT2D eigenvalue weighted by molar-refractivity contribution is 0.208. The van der Waals surface area contributed by atoms with E-state index in [0.29, 0.717) is 24.7 Å². The number of nitrogens with zero attached hydrogens (tertiary/aromatic N) is 3. The van der Waals surface area contributed by atoms with Crippen LogP contribution in [0.2, 0.25) is 0 Å². The fraction of sp³-hybridized carbons (Fsp3) is 0.333. The molecule has 1 N–H and O–H groups in total. The first-order valence-electron chi connectivity index (χ1n) is 7.10. The van der Waals surface area contributed by atoms with Crippen molar-refractivity contribution >= 4 is 28.1 Å². The Balaban J connectivity index is 1.53. The fourth-order valence-electron chi connectivity index (χ4n) is 2.36. The number of hydrogen-bond acceptors (Lipinski definition) is 5. The zero-order valence-electron chi connectivity index (χ0n) is 12.4.